The van der Waals surface area contributed by atoms with E-state index >= 15 is 0 Å². The fraction of sp³-hybridized carbons (Fsp3) is 0.400. The lowest BCUT2D eigenvalue weighted by Crippen LogP contribution is -2.46. The van der Waals surface area contributed by atoms with Crippen molar-refractivity contribution >= 4 is 5.95 Å². The summed E-state index contributed by atoms with van der Waals surface area (Å²) in [6.07, 6.45) is 3.40. The molecule has 1 aliphatic heterocycles. The molecule has 1 fully saturated rings. The zero-order chi connectivity index (χ0) is 14.8. The molecule has 1 saturated heterocycles. The number of rotatable bonds is 2. The largest absolute Gasteiger partial charge is 0.377 e. The van der Waals surface area contributed by atoms with Crippen molar-refractivity contribution in [3.8, 4) is 11.3 Å². The lowest BCUT2D eigenvalue weighted by Gasteiger charge is -2.35. The Morgan fingerprint density at radius 2 is 2.10 bits per heavy atom. The van der Waals surface area contributed by atoms with Crippen LogP contribution in [0.25, 0.3) is 11.3 Å². The minimum atomic E-state index is -0.0643. The monoisotopic (exact) mass is 286 g/mol. The van der Waals surface area contributed by atoms with Crippen molar-refractivity contribution in [1.82, 2.24) is 14.5 Å². The summed E-state index contributed by atoms with van der Waals surface area (Å²) in [5.74, 6) is 0.685. The minimum Gasteiger partial charge on any atom is -0.377 e. The standard InChI is InChI=1S/C15H18N4O2/c1-11-10-21-8-7-19(11)15-17-13(9-14(20)18(15)2)12-3-5-16-6-4-12/h3-6,9,11H,7-8,10H2,1-2H3. The first-order chi connectivity index (χ1) is 10.2. The van der Waals surface area contributed by atoms with Gasteiger partial charge in [0.15, 0.2) is 0 Å². The molecule has 2 aromatic heterocycles. The molecule has 110 valence electrons. The van der Waals surface area contributed by atoms with Crippen LogP contribution >= 0.6 is 0 Å². The summed E-state index contributed by atoms with van der Waals surface area (Å²) in [6.45, 7) is 4.11. The molecule has 6 heteroatoms. The summed E-state index contributed by atoms with van der Waals surface area (Å²) in [4.78, 5) is 23.0. The molecule has 0 spiro atoms. The number of ether oxygens (including phenoxy) is 1. The molecule has 0 saturated carbocycles. The molecule has 0 bridgehead atoms. The average molecular weight is 286 g/mol. The zero-order valence-corrected chi connectivity index (χ0v) is 12.2. The third kappa shape index (κ3) is 2.67. The fourth-order valence-electron chi connectivity index (χ4n) is 2.48. The molecule has 2 aromatic rings. The summed E-state index contributed by atoms with van der Waals surface area (Å²) in [5.41, 5.74) is 1.50. The van der Waals surface area contributed by atoms with Crippen molar-refractivity contribution in [2.45, 2.75) is 13.0 Å². The van der Waals surface area contributed by atoms with Crippen LogP contribution < -0.4 is 10.5 Å². The van der Waals surface area contributed by atoms with Crippen LogP contribution in [0.2, 0.25) is 0 Å². The SMILES string of the molecule is CC1COCCN1c1nc(-c2ccncc2)cc(=O)n1C. The third-order valence-corrected chi connectivity index (χ3v) is 3.71. The van der Waals surface area contributed by atoms with Crippen LogP contribution in [-0.2, 0) is 11.8 Å². The number of anilines is 1. The molecule has 0 radical (unpaired) electrons. The second-order valence-electron chi connectivity index (χ2n) is 5.19. The topological polar surface area (TPSA) is 60.2 Å². The maximum absolute atomic E-state index is 12.2. The lowest BCUT2D eigenvalue weighted by molar-refractivity contribution is 0.0976. The fourth-order valence-corrected chi connectivity index (χ4v) is 2.48. The van der Waals surface area contributed by atoms with Gasteiger partial charge in [-0.25, -0.2) is 4.98 Å². The predicted molar refractivity (Wildman–Crippen MR) is 80.3 cm³/mol. The average Bonchev–Trinajstić information content (AvgIpc) is 2.51. The second kappa shape index (κ2) is 5.65. The van der Waals surface area contributed by atoms with Crippen LogP contribution in [0.15, 0.2) is 35.4 Å². The van der Waals surface area contributed by atoms with Gasteiger partial charge in [0.1, 0.15) is 0 Å². The van der Waals surface area contributed by atoms with E-state index in [1.54, 1.807) is 30.1 Å². The number of pyridine rings is 1. The van der Waals surface area contributed by atoms with Gasteiger partial charge in [-0.15, -0.1) is 0 Å². The molecule has 3 heterocycles. The number of hydrogen-bond donors (Lipinski definition) is 0. The summed E-state index contributed by atoms with van der Waals surface area (Å²) in [6, 6.07) is 5.47. The normalized spacial score (nSPS) is 18.8. The maximum Gasteiger partial charge on any atom is 0.255 e. The van der Waals surface area contributed by atoms with Gasteiger partial charge in [-0.3, -0.25) is 14.3 Å². The van der Waals surface area contributed by atoms with Crippen molar-refractivity contribution in [3.05, 3.63) is 40.9 Å². The summed E-state index contributed by atoms with van der Waals surface area (Å²) in [5, 5.41) is 0. The van der Waals surface area contributed by atoms with E-state index in [0.29, 0.717) is 24.9 Å². The highest BCUT2D eigenvalue weighted by Gasteiger charge is 2.23. The quantitative estimate of drug-likeness (QED) is 0.826. The molecule has 1 aliphatic rings. The Labute approximate surface area is 123 Å². The van der Waals surface area contributed by atoms with Gasteiger partial charge in [-0.05, 0) is 19.1 Å². The Morgan fingerprint density at radius 3 is 2.81 bits per heavy atom. The van der Waals surface area contributed by atoms with Crippen LogP contribution in [0.5, 0.6) is 0 Å². The smallest absolute Gasteiger partial charge is 0.255 e. The predicted octanol–water partition coefficient (Wildman–Crippen LogP) is 1.07. The van der Waals surface area contributed by atoms with Crippen molar-refractivity contribution in [1.29, 1.82) is 0 Å². The van der Waals surface area contributed by atoms with E-state index in [0.717, 1.165) is 12.1 Å². The Morgan fingerprint density at radius 1 is 1.33 bits per heavy atom. The first-order valence-corrected chi connectivity index (χ1v) is 6.99. The second-order valence-corrected chi connectivity index (χ2v) is 5.19. The van der Waals surface area contributed by atoms with Crippen LogP contribution in [0.4, 0.5) is 5.95 Å². The Hall–Kier alpha value is -2.21. The van der Waals surface area contributed by atoms with E-state index in [1.807, 2.05) is 12.1 Å². The molecule has 1 atom stereocenters. The number of aromatic nitrogens is 3. The molecule has 21 heavy (non-hydrogen) atoms. The highest BCUT2D eigenvalue weighted by Crippen LogP contribution is 2.20. The lowest BCUT2D eigenvalue weighted by atomic mass is 10.2. The van der Waals surface area contributed by atoms with Gasteiger partial charge >= 0.3 is 0 Å². The highest BCUT2D eigenvalue weighted by molar-refractivity contribution is 5.59. The summed E-state index contributed by atoms with van der Waals surface area (Å²) >= 11 is 0. The van der Waals surface area contributed by atoms with Gasteiger partial charge in [-0.1, -0.05) is 0 Å². The zero-order valence-electron chi connectivity index (χ0n) is 12.2. The van der Waals surface area contributed by atoms with Gasteiger partial charge in [0.2, 0.25) is 5.95 Å². The van der Waals surface area contributed by atoms with Gasteiger partial charge in [0.05, 0.1) is 24.9 Å². The molecular weight excluding hydrogens is 268 g/mol. The van der Waals surface area contributed by atoms with Gasteiger partial charge < -0.3 is 9.64 Å². The first kappa shape index (κ1) is 13.8. The van der Waals surface area contributed by atoms with Gasteiger partial charge in [-0.2, -0.15) is 0 Å². The van der Waals surface area contributed by atoms with E-state index in [-0.39, 0.29) is 11.6 Å². The minimum absolute atomic E-state index is 0.0643. The van der Waals surface area contributed by atoms with E-state index in [2.05, 4.69) is 21.8 Å². The van der Waals surface area contributed by atoms with E-state index in [4.69, 9.17) is 4.74 Å². The third-order valence-electron chi connectivity index (χ3n) is 3.71. The van der Waals surface area contributed by atoms with Crippen molar-refractivity contribution in [2.24, 2.45) is 7.05 Å². The molecule has 0 aliphatic carbocycles. The van der Waals surface area contributed by atoms with E-state index in [1.165, 1.54) is 0 Å². The molecule has 6 nitrogen and oxygen atoms in total. The number of nitrogens with zero attached hydrogens (tertiary/aromatic N) is 4. The molecule has 0 N–H and O–H groups in total. The number of hydrogen-bond acceptors (Lipinski definition) is 5. The molecular formula is C15H18N4O2. The molecule has 0 amide bonds. The van der Waals surface area contributed by atoms with Crippen LogP contribution in [-0.4, -0.2) is 40.3 Å². The first-order valence-electron chi connectivity index (χ1n) is 6.99. The van der Waals surface area contributed by atoms with Crippen molar-refractivity contribution in [3.63, 3.8) is 0 Å². The maximum atomic E-state index is 12.2. The van der Waals surface area contributed by atoms with Crippen molar-refractivity contribution in [2.75, 3.05) is 24.7 Å². The summed E-state index contributed by atoms with van der Waals surface area (Å²) < 4.78 is 7.04. The van der Waals surface area contributed by atoms with Gasteiger partial charge in [0.25, 0.3) is 5.56 Å². The van der Waals surface area contributed by atoms with E-state index in [9.17, 15) is 4.79 Å². The molecule has 1 unspecified atom stereocenters. The Balaban J connectivity index is 2.08. The van der Waals surface area contributed by atoms with Crippen molar-refractivity contribution < 1.29 is 4.74 Å². The molecule has 3 rings (SSSR count). The van der Waals surface area contributed by atoms with Crippen LogP contribution in [0.1, 0.15) is 6.92 Å². The Bertz CT molecular complexity index is 684. The number of morpholine rings is 1. The highest BCUT2D eigenvalue weighted by atomic mass is 16.5. The van der Waals surface area contributed by atoms with Crippen LogP contribution in [0, 0.1) is 0 Å². The van der Waals surface area contributed by atoms with Crippen LogP contribution in [0.3, 0.4) is 0 Å². The Kier molecular flexibility index (Phi) is 3.70. The van der Waals surface area contributed by atoms with Gasteiger partial charge in [0, 0.05) is 37.6 Å². The molecule has 0 aromatic carbocycles. The summed E-state index contributed by atoms with van der Waals surface area (Å²) in [7, 11) is 1.75. The van der Waals surface area contributed by atoms with E-state index < -0.39 is 0 Å².